The summed E-state index contributed by atoms with van der Waals surface area (Å²) in [5, 5.41) is 3.46. The molecule has 0 bridgehead atoms. The fraction of sp³-hybridized carbons (Fsp3) is 0.250. The first-order chi connectivity index (χ1) is 8.25. The van der Waals surface area contributed by atoms with E-state index in [-0.39, 0.29) is 0 Å². The largest absolute Gasteiger partial charge is 0.385 e. The molecular weight excluding hydrogens is 206 g/mol. The highest BCUT2D eigenvalue weighted by Crippen LogP contribution is 2.14. The minimum absolute atomic E-state index is 0.979. The van der Waals surface area contributed by atoms with E-state index in [1.165, 1.54) is 22.4 Å². The van der Waals surface area contributed by atoms with Gasteiger partial charge < -0.3 is 5.32 Å². The van der Waals surface area contributed by atoms with Crippen LogP contribution in [0.2, 0.25) is 0 Å². The van der Waals surface area contributed by atoms with Crippen LogP contribution in [0.25, 0.3) is 0 Å². The summed E-state index contributed by atoms with van der Waals surface area (Å²) in [6.45, 7) is 5.27. The van der Waals surface area contributed by atoms with Crippen LogP contribution in [0.3, 0.4) is 0 Å². The van der Waals surface area contributed by atoms with Crippen molar-refractivity contribution in [1.82, 2.24) is 0 Å². The summed E-state index contributed by atoms with van der Waals surface area (Å²) in [4.78, 5) is 0. The summed E-state index contributed by atoms with van der Waals surface area (Å²) < 4.78 is 0. The molecule has 2 aromatic carbocycles. The molecule has 2 rings (SSSR count). The highest BCUT2D eigenvalue weighted by Gasteiger charge is 1.96. The van der Waals surface area contributed by atoms with Crippen LogP contribution in [0.5, 0.6) is 0 Å². The van der Waals surface area contributed by atoms with Gasteiger partial charge in [-0.3, -0.25) is 0 Å². The van der Waals surface area contributed by atoms with Gasteiger partial charge in [0.1, 0.15) is 0 Å². The summed E-state index contributed by atoms with van der Waals surface area (Å²) in [6.07, 6.45) is 1.06. The minimum atomic E-state index is 0.979. The van der Waals surface area contributed by atoms with E-state index in [2.05, 4.69) is 67.7 Å². The van der Waals surface area contributed by atoms with Gasteiger partial charge in [0, 0.05) is 12.2 Å². The Morgan fingerprint density at radius 1 is 0.882 bits per heavy atom. The van der Waals surface area contributed by atoms with E-state index in [1.54, 1.807) is 0 Å². The summed E-state index contributed by atoms with van der Waals surface area (Å²) >= 11 is 0. The van der Waals surface area contributed by atoms with Gasteiger partial charge in [0.2, 0.25) is 0 Å². The van der Waals surface area contributed by atoms with Gasteiger partial charge in [-0.2, -0.15) is 0 Å². The van der Waals surface area contributed by atoms with Crippen molar-refractivity contribution in [1.29, 1.82) is 0 Å². The zero-order valence-corrected chi connectivity index (χ0v) is 10.5. The first kappa shape index (κ1) is 11.7. The van der Waals surface area contributed by atoms with E-state index in [9.17, 15) is 0 Å². The fourth-order valence-corrected chi connectivity index (χ4v) is 1.85. The molecule has 1 N–H and O–H groups in total. The van der Waals surface area contributed by atoms with Gasteiger partial charge in [-0.25, -0.2) is 0 Å². The number of benzene rings is 2. The number of hydrogen-bond acceptors (Lipinski definition) is 1. The third-order valence-electron chi connectivity index (χ3n) is 3.09. The lowest BCUT2D eigenvalue weighted by Gasteiger charge is -2.08. The van der Waals surface area contributed by atoms with Gasteiger partial charge in [0.25, 0.3) is 0 Å². The zero-order chi connectivity index (χ0) is 12.1. The number of anilines is 1. The Balaban J connectivity index is 1.88. The minimum Gasteiger partial charge on any atom is -0.385 e. The Morgan fingerprint density at radius 2 is 1.65 bits per heavy atom. The molecule has 0 atom stereocenters. The summed E-state index contributed by atoms with van der Waals surface area (Å²) in [5.74, 6) is 0. The quantitative estimate of drug-likeness (QED) is 0.830. The second kappa shape index (κ2) is 5.53. The lowest BCUT2D eigenvalue weighted by molar-refractivity contribution is 1.02. The van der Waals surface area contributed by atoms with E-state index in [4.69, 9.17) is 0 Å². The molecule has 0 radical (unpaired) electrons. The Kier molecular flexibility index (Phi) is 3.81. The third-order valence-corrected chi connectivity index (χ3v) is 3.09. The van der Waals surface area contributed by atoms with Crippen molar-refractivity contribution in [3.8, 4) is 0 Å². The van der Waals surface area contributed by atoms with Crippen molar-refractivity contribution in [2.45, 2.75) is 20.3 Å². The summed E-state index contributed by atoms with van der Waals surface area (Å²) in [5.41, 5.74) is 5.28. The Bertz CT molecular complexity index is 474. The van der Waals surface area contributed by atoms with Crippen molar-refractivity contribution in [3.05, 3.63) is 65.2 Å². The smallest absolute Gasteiger partial charge is 0.0343 e. The number of hydrogen-bond donors (Lipinski definition) is 1. The molecule has 0 saturated carbocycles. The van der Waals surface area contributed by atoms with E-state index < -0.39 is 0 Å². The van der Waals surface area contributed by atoms with Crippen LogP contribution in [-0.2, 0) is 6.42 Å². The highest BCUT2D eigenvalue weighted by atomic mass is 14.9. The second-order valence-electron chi connectivity index (χ2n) is 4.46. The molecule has 0 heterocycles. The third kappa shape index (κ3) is 3.35. The molecule has 0 fully saturated rings. The van der Waals surface area contributed by atoms with Crippen LogP contribution in [0.4, 0.5) is 5.69 Å². The average molecular weight is 225 g/mol. The fourth-order valence-electron chi connectivity index (χ4n) is 1.85. The van der Waals surface area contributed by atoms with Crippen LogP contribution in [0.1, 0.15) is 16.7 Å². The number of aryl methyl sites for hydroxylation is 2. The van der Waals surface area contributed by atoms with Crippen molar-refractivity contribution in [3.63, 3.8) is 0 Å². The lowest BCUT2D eigenvalue weighted by atomic mass is 10.1. The van der Waals surface area contributed by atoms with Gasteiger partial charge in [-0.1, -0.05) is 36.4 Å². The maximum atomic E-state index is 3.46. The average Bonchev–Trinajstić information content (AvgIpc) is 2.35. The van der Waals surface area contributed by atoms with Gasteiger partial charge in [0.15, 0.2) is 0 Å². The molecule has 17 heavy (non-hydrogen) atoms. The molecule has 0 aromatic heterocycles. The summed E-state index contributed by atoms with van der Waals surface area (Å²) in [7, 11) is 0. The maximum Gasteiger partial charge on any atom is 0.0343 e. The van der Waals surface area contributed by atoms with Crippen molar-refractivity contribution in [2.75, 3.05) is 11.9 Å². The van der Waals surface area contributed by atoms with E-state index >= 15 is 0 Å². The summed E-state index contributed by atoms with van der Waals surface area (Å²) in [6, 6.07) is 17.1. The first-order valence-electron chi connectivity index (χ1n) is 6.11. The monoisotopic (exact) mass is 225 g/mol. The maximum absolute atomic E-state index is 3.46. The molecule has 0 aliphatic rings. The predicted molar refractivity (Wildman–Crippen MR) is 74.6 cm³/mol. The van der Waals surface area contributed by atoms with Gasteiger partial charge in [-0.05, 0) is 49.1 Å². The second-order valence-corrected chi connectivity index (χ2v) is 4.46. The Morgan fingerprint density at radius 3 is 2.35 bits per heavy atom. The van der Waals surface area contributed by atoms with Crippen LogP contribution in [0.15, 0.2) is 48.5 Å². The molecule has 0 unspecified atom stereocenters. The molecular formula is C16H19N. The van der Waals surface area contributed by atoms with E-state index in [0.29, 0.717) is 0 Å². The molecule has 1 heteroatoms. The van der Waals surface area contributed by atoms with Crippen LogP contribution < -0.4 is 5.32 Å². The zero-order valence-electron chi connectivity index (χ0n) is 10.5. The SMILES string of the molecule is Cc1ccc(NCCc2ccccc2)cc1C. The van der Waals surface area contributed by atoms with E-state index in [0.717, 1.165) is 13.0 Å². The van der Waals surface area contributed by atoms with Crippen molar-refractivity contribution >= 4 is 5.69 Å². The number of rotatable bonds is 4. The molecule has 0 spiro atoms. The Labute approximate surface area is 103 Å². The molecule has 2 aromatic rings. The molecule has 0 saturated heterocycles. The number of nitrogens with one attached hydrogen (secondary N) is 1. The topological polar surface area (TPSA) is 12.0 Å². The highest BCUT2D eigenvalue weighted by molar-refractivity contribution is 5.48. The molecule has 0 aliphatic heterocycles. The normalized spacial score (nSPS) is 10.2. The van der Waals surface area contributed by atoms with Crippen LogP contribution >= 0.6 is 0 Å². The van der Waals surface area contributed by atoms with Crippen LogP contribution in [0, 0.1) is 13.8 Å². The van der Waals surface area contributed by atoms with Gasteiger partial charge in [-0.15, -0.1) is 0 Å². The van der Waals surface area contributed by atoms with Crippen LogP contribution in [-0.4, -0.2) is 6.54 Å². The van der Waals surface area contributed by atoms with Gasteiger partial charge >= 0.3 is 0 Å². The molecule has 88 valence electrons. The van der Waals surface area contributed by atoms with Crippen molar-refractivity contribution in [2.24, 2.45) is 0 Å². The lowest BCUT2D eigenvalue weighted by Crippen LogP contribution is -2.04. The van der Waals surface area contributed by atoms with E-state index in [1.807, 2.05) is 0 Å². The van der Waals surface area contributed by atoms with Crippen molar-refractivity contribution < 1.29 is 0 Å². The van der Waals surface area contributed by atoms with Gasteiger partial charge in [0.05, 0.1) is 0 Å². The molecule has 1 nitrogen and oxygen atoms in total. The first-order valence-corrected chi connectivity index (χ1v) is 6.11. The molecule has 0 amide bonds. The standard InChI is InChI=1S/C16H19N/c1-13-8-9-16(12-14(13)2)17-11-10-15-6-4-3-5-7-15/h3-9,12,17H,10-11H2,1-2H3. The predicted octanol–water partition coefficient (Wildman–Crippen LogP) is 3.96. The molecule has 0 aliphatic carbocycles. The Hall–Kier alpha value is -1.76.